The van der Waals surface area contributed by atoms with E-state index in [1.54, 1.807) is 12.1 Å². The third kappa shape index (κ3) is 2.35. The highest BCUT2D eigenvalue weighted by Gasteiger charge is 2.38. The van der Waals surface area contributed by atoms with Gasteiger partial charge in [-0.1, -0.05) is 6.92 Å². The molecule has 0 saturated heterocycles. The highest BCUT2D eigenvalue weighted by Crippen LogP contribution is 2.49. The van der Waals surface area contributed by atoms with E-state index in [2.05, 4.69) is 6.92 Å². The zero-order valence-corrected chi connectivity index (χ0v) is 9.58. The summed E-state index contributed by atoms with van der Waals surface area (Å²) in [6.07, 6.45) is 2.02. The summed E-state index contributed by atoms with van der Waals surface area (Å²) in [5.74, 6) is 1.53. The second kappa shape index (κ2) is 4.83. The van der Waals surface area contributed by atoms with Gasteiger partial charge >= 0.3 is 0 Å². The fraction of sp³-hybridized carbons (Fsp3) is 0.538. The quantitative estimate of drug-likeness (QED) is 0.833. The van der Waals surface area contributed by atoms with Crippen LogP contribution >= 0.6 is 0 Å². The third-order valence-electron chi connectivity index (χ3n) is 3.06. The molecule has 2 nitrogen and oxygen atoms in total. The first kappa shape index (κ1) is 11.4. The highest BCUT2D eigenvalue weighted by molar-refractivity contribution is 5.40. The topological polar surface area (TPSA) is 35.2 Å². The minimum absolute atomic E-state index is 0.193. The minimum Gasteiger partial charge on any atom is -0.493 e. The summed E-state index contributed by atoms with van der Waals surface area (Å²) in [6, 6.07) is 4.77. The van der Waals surface area contributed by atoms with Crippen molar-refractivity contribution in [1.82, 2.24) is 0 Å². The minimum atomic E-state index is -0.193. The first-order valence-corrected chi connectivity index (χ1v) is 5.88. The lowest BCUT2D eigenvalue weighted by atomic mass is 10.1. The van der Waals surface area contributed by atoms with Crippen molar-refractivity contribution in [3.05, 3.63) is 29.6 Å². The number of hydrogen-bond acceptors (Lipinski definition) is 2. The fourth-order valence-electron chi connectivity index (χ4n) is 2.04. The van der Waals surface area contributed by atoms with E-state index in [0.29, 0.717) is 25.0 Å². The molecule has 16 heavy (non-hydrogen) atoms. The predicted octanol–water partition coefficient (Wildman–Crippen LogP) is 2.68. The van der Waals surface area contributed by atoms with Gasteiger partial charge in [0.05, 0.1) is 6.61 Å². The molecule has 0 aromatic heterocycles. The summed E-state index contributed by atoms with van der Waals surface area (Å²) in [7, 11) is 0. The lowest BCUT2D eigenvalue weighted by Crippen LogP contribution is -2.04. The van der Waals surface area contributed by atoms with E-state index in [4.69, 9.17) is 10.5 Å². The van der Waals surface area contributed by atoms with Gasteiger partial charge in [0, 0.05) is 5.56 Å². The van der Waals surface area contributed by atoms with Gasteiger partial charge in [-0.3, -0.25) is 0 Å². The van der Waals surface area contributed by atoms with Crippen molar-refractivity contribution in [2.75, 3.05) is 13.2 Å². The van der Waals surface area contributed by atoms with Gasteiger partial charge in [-0.25, -0.2) is 4.39 Å². The molecule has 1 saturated carbocycles. The summed E-state index contributed by atoms with van der Waals surface area (Å²) in [4.78, 5) is 0. The molecule has 2 rings (SSSR count). The van der Waals surface area contributed by atoms with Gasteiger partial charge in [0.1, 0.15) is 11.6 Å². The molecule has 0 unspecified atom stereocenters. The van der Waals surface area contributed by atoms with Crippen LogP contribution in [0.2, 0.25) is 0 Å². The Morgan fingerprint density at radius 3 is 2.94 bits per heavy atom. The van der Waals surface area contributed by atoms with Gasteiger partial charge in [0.2, 0.25) is 0 Å². The smallest absolute Gasteiger partial charge is 0.123 e. The van der Waals surface area contributed by atoms with Gasteiger partial charge in [-0.2, -0.15) is 0 Å². The molecule has 1 aromatic rings. The van der Waals surface area contributed by atoms with E-state index in [1.165, 1.54) is 6.07 Å². The summed E-state index contributed by atoms with van der Waals surface area (Å²) in [5, 5.41) is 0. The molecule has 2 atom stereocenters. The standard InChI is InChI=1S/C13H18FNO/c1-2-5-16-13-4-3-10(14)7-12(13)11-6-9(11)8-15/h3-4,7,9,11H,2,5-6,8,15H2,1H3/t9-,11+/m1/s1. The van der Waals surface area contributed by atoms with Crippen LogP contribution in [0.3, 0.4) is 0 Å². The van der Waals surface area contributed by atoms with Gasteiger partial charge in [-0.15, -0.1) is 0 Å². The van der Waals surface area contributed by atoms with Crippen LogP contribution in [0.5, 0.6) is 5.75 Å². The number of nitrogens with two attached hydrogens (primary N) is 1. The molecular formula is C13H18FNO. The number of rotatable bonds is 5. The molecule has 1 aliphatic rings. The van der Waals surface area contributed by atoms with E-state index in [-0.39, 0.29) is 5.82 Å². The largest absolute Gasteiger partial charge is 0.493 e. The number of halogens is 1. The summed E-state index contributed by atoms with van der Waals surface area (Å²) in [6.45, 7) is 3.41. The van der Waals surface area contributed by atoms with Crippen LogP contribution in [0.15, 0.2) is 18.2 Å². The maximum absolute atomic E-state index is 13.2. The van der Waals surface area contributed by atoms with Crippen molar-refractivity contribution < 1.29 is 9.13 Å². The second-order valence-corrected chi connectivity index (χ2v) is 4.37. The van der Waals surface area contributed by atoms with Crippen molar-refractivity contribution in [1.29, 1.82) is 0 Å². The number of ether oxygens (including phenoxy) is 1. The molecule has 0 heterocycles. The average molecular weight is 223 g/mol. The first-order chi connectivity index (χ1) is 7.76. The lowest BCUT2D eigenvalue weighted by Gasteiger charge is -2.10. The molecule has 0 spiro atoms. The molecule has 0 radical (unpaired) electrons. The van der Waals surface area contributed by atoms with Crippen LogP contribution < -0.4 is 10.5 Å². The summed E-state index contributed by atoms with van der Waals surface area (Å²) >= 11 is 0. The summed E-state index contributed by atoms with van der Waals surface area (Å²) < 4.78 is 18.8. The van der Waals surface area contributed by atoms with Crippen molar-refractivity contribution in [2.24, 2.45) is 11.7 Å². The highest BCUT2D eigenvalue weighted by atomic mass is 19.1. The van der Waals surface area contributed by atoms with E-state index in [9.17, 15) is 4.39 Å². The lowest BCUT2D eigenvalue weighted by molar-refractivity contribution is 0.313. The zero-order valence-electron chi connectivity index (χ0n) is 9.58. The van der Waals surface area contributed by atoms with Crippen molar-refractivity contribution in [3.8, 4) is 5.75 Å². The fourth-order valence-corrected chi connectivity index (χ4v) is 2.04. The molecule has 1 aliphatic carbocycles. The van der Waals surface area contributed by atoms with Crippen molar-refractivity contribution in [2.45, 2.75) is 25.7 Å². The molecule has 0 amide bonds. The average Bonchev–Trinajstić information content (AvgIpc) is 3.06. The molecule has 0 aliphatic heterocycles. The normalized spacial score (nSPS) is 23.2. The van der Waals surface area contributed by atoms with Crippen LogP contribution in [-0.4, -0.2) is 13.2 Å². The monoisotopic (exact) mass is 223 g/mol. The van der Waals surface area contributed by atoms with E-state index < -0.39 is 0 Å². The van der Waals surface area contributed by atoms with E-state index >= 15 is 0 Å². The van der Waals surface area contributed by atoms with Crippen LogP contribution in [0, 0.1) is 11.7 Å². The number of benzene rings is 1. The first-order valence-electron chi connectivity index (χ1n) is 5.88. The van der Waals surface area contributed by atoms with Gasteiger partial charge in [0.25, 0.3) is 0 Å². The van der Waals surface area contributed by atoms with Gasteiger partial charge in [-0.05, 0) is 49.4 Å². The van der Waals surface area contributed by atoms with Crippen LogP contribution in [0.4, 0.5) is 4.39 Å². The Morgan fingerprint density at radius 2 is 2.31 bits per heavy atom. The maximum Gasteiger partial charge on any atom is 0.123 e. The molecule has 2 N–H and O–H groups in total. The zero-order chi connectivity index (χ0) is 11.5. The molecule has 1 aromatic carbocycles. The molecule has 88 valence electrons. The SMILES string of the molecule is CCCOc1ccc(F)cc1[C@H]1C[C@@H]1CN. The van der Waals surface area contributed by atoms with E-state index in [1.807, 2.05) is 0 Å². The number of hydrogen-bond donors (Lipinski definition) is 1. The molecule has 1 fully saturated rings. The van der Waals surface area contributed by atoms with Gasteiger partial charge < -0.3 is 10.5 Å². The maximum atomic E-state index is 13.2. The Morgan fingerprint density at radius 1 is 1.50 bits per heavy atom. The van der Waals surface area contributed by atoms with E-state index in [0.717, 1.165) is 24.2 Å². The predicted molar refractivity (Wildman–Crippen MR) is 62.1 cm³/mol. The Hall–Kier alpha value is -1.09. The Balaban J connectivity index is 2.16. The second-order valence-electron chi connectivity index (χ2n) is 4.37. The molecule has 0 bridgehead atoms. The Labute approximate surface area is 95.6 Å². The molecule has 3 heteroatoms. The Kier molecular flexibility index (Phi) is 3.44. The summed E-state index contributed by atoms with van der Waals surface area (Å²) in [5.41, 5.74) is 6.60. The van der Waals surface area contributed by atoms with Gasteiger partial charge in [0.15, 0.2) is 0 Å². The van der Waals surface area contributed by atoms with Crippen LogP contribution in [-0.2, 0) is 0 Å². The third-order valence-corrected chi connectivity index (χ3v) is 3.06. The Bertz CT molecular complexity index is 367. The van der Waals surface area contributed by atoms with Crippen LogP contribution in [0.25, 0.3) is 0 Å². The van der Waals surface area contributed by atoms with Crippen molar-refractivity contribution >= 4 is 0 Å². The van der Waals surface area contributed by atoms with Crippen molar-refractivity contribution in [3.63, 3.8) is 0 Å². The van der Waals surface area contributed by atoms with Crippen LogP contribution in [0.1, 0.15) is 31.2 Å². The molecular weight excluding hydrogens is 205 g/mol.